The Balaban J connectivity index is 2.30. The molecular formula is C12H19N3O2S. The SMILES string of the molecule is CNCC1CN(C)S(=O)(=O)N(c2ccccc2)C1. The van der Waals surface area contributed by atoms with E-state index in [0.717, 1.165) is 12.2 Å². The van der Waals surface area contributed by atoms with Crippen LogP contribution < -0.4 is 9.62 Å². The normalized spacial score (nSPS) is 24.1. The summed E-state index contributed by atoms with van der Waals surface area (Å²) < 4.78 is 27.5. The highest BCUT2D eigenvalue weighted by molar-refractivity contribution is 7.90. The van der Waals surface area contributed by atoms with Crippen LogP contribution in [-0.4, -0.2) is 46.5 Å². The van der Waals surface area contributed by atoms with Crippen LogP contribution >= 0.6 is 0 Å². The van der Waals surface area contributed by atoms with Crippen LogP contribution in [0, 0.1) is 5.92 Å². The molecule has 0 radical (unpaired) electrons. The molecule has 1 aliphatic heterocycles. The van der Waals surface area contributed by atoms with E-state index >= 15 is 0 Å². The number of nitrogens with one attached hydrogen (secondary N) is 1. The summed E-state index contributed by atoms with van der Waals surface area (Å²) in [6.07, 6.45) is 0. The van der Waals surface area contributed by atoms with Gasteiger partial charge in [-0.1, -0.05) is 18.2 Å². The maximum atomic E-state index is 12.3. The number of benzene rings is 1. The van der Waals surface area contributed by atoms with Crippen molar-refractivity contribution in [1.29, 1.82) is 0 Å². The first kappa shape index (κ1) is 13.3. The van der Waals surface area contributed by atoms with E-state index in [1.165, 1.54) is 8.61 Å². The lowest BCUT2D eigenvalue weighted by atomic mass is 10.1. The third-order valence-corrected chi connectivity index (χ3v) is 5.00. The summed E-state index contributed by atoms with van der Waals surface area (Å²) in [5.41, 5.74) is 0.727. The minimum atomic E-state index is -3.37. The van der Waals surface area contributed by atoms with E-state index in [1.54, 1.807) is 7.05 Å². The van der Waals surface area contributed by atoms with Crippen molar-refractivity contribution < 1.29 is 8.42 Å². The van der Waals surface area contributed by atoms with Crippen molar-refractivity contribution in [1.82, 2.24) is 9.62 Å². The Morgan fingerprint density at radius 3 is 2.56 bits per heavy atom. The van der Waals surface area contributed by atoms with E-state index in [-0.39, 0.29) is 0 Å². The van der Waals surface area contributed by atoms with Gasteiger partial charge in [-0.05, 0) is 19.2 Å². The first-order valence-electron chi connectivity index (χ1n) is 5.99. The van der Waals surface area contributed by atoms with Gasteiger partial charge < -0.3 is 5.32 Å². The third kappa shape index (κ3) is 2.50. The van der Waals surface area contributed by atoms with Gasteiger partial charge in [0.1, 0.15) is 0 Å². The van der Waals surface area contributed by atoms with Gasteiger partial charge in [-0.25, -0.2) is 0 Å². The average molecular weight is 269 g/mol. The van der Waals surface area contributed by atoms with Gasteiger partial charge in [0.15, 0.2) is 0 Å². The van der Waals surface area contributed by atoms with E-state index in [9.17, 15) is 8.42 Å². The molecule has 2 rings (SSSR count). The fourth-order valence-corrected chi connectivity index (χ4v) is 3.79. The molecule has 5 nitrogen and oxygen atoms in total. The van der Waals surface area contributed by atoms with Gasteiger partial charge in [0.2, 0.25) is 0 Å². The quantitative estimate of drug-likeness (QED) is 0.870. The predicted molar refractivity (Wildman–Crippen MR) is 72.8 cm³/mol. The fraction of sp³-hybridized carbons (Fsp3) is 0.500. The van der Waals surface area contributed by atoms with Gasteiger partial charge >= 0.3 is 10.2 Å². The lowest BCUT2D eigenvalue weighted by molar-refractivity contribution is 0.351. The van der Waals surface area contributed by atoms with Crippen molar-refractivity contribution in [2.24, 2.45) is 5.92 Å². The van der Waals surface area contributed by atoms with Crippen molar-refractivity contribution in [3.05, 3.63) is 30.3 Å². The third-order valence-electron chi connectivity index (χ3n) is 3.15. The van der Waals surface area contributed by atoms with Crippen LogP contribution in [0.4, 0.5) is 5.69 Å². The Morgan fingerprint density at radius 1 is 1.28 bits per heavy atom. The van der Waals surface area contributed by atoms with Gasteiger partial charge in [-0.15, -0.1) is 0 Å². The zero-order chi connectivity index (χ0) is 13.2. The predicted octanol–water partition coefficient (Wildman–Crippen LogP) is 0.519. The molecular weight excluding hydrogens is 250 g/mol. The largest absolute Gasteiger partial charge is 0.319 e. The van der Waals surface area contributed by atoms with Crippen molar-refractivity contribution in [3.63, 3.8) is 0 Å². The summed E-state index contributed by atoms with van der Waals surface area (Å²) >= 11 is 0. The molecule has 1 fully saturated rings. The molecule has 6 heteroatoms. The first-order valence-corrected chi connectivity index (χ1v) is 7.39. The van der Waals surface area contributed by atoms with Crippen LogP contribution in [0.1, 0.15) is 0 Å². The fourth-order valence-electron chi connectivity index (χ4n) is 2.26. The van der Waals surface area contributed by atoms with Gasteiger partial charge in [-0.3, -0.25) is 4.31 Å². The van der Waals surface area contributed by atoms with E-state index in [2.05, 4.69) is 5.32 Å². The molecule has 1 aliphatic rings. The molecule has 0 spiro atoms. The number of anilines is 1. The molecule has 1 atom stereocenters. The van der Waals surface area contributed by atoms with Crippen molar-refractivity contribution in [2.75, 3.05) is 38.0 Å². The standard InChI is InChI=1S/C12H19N3O2S/c1-13-8-11-9-14(2)18(16,17)15(10-11)12-6-4-3-5-7-12/h3-7,11,13H,8-10H2,1-2H3. The van der Waals surface area contributed by atoms with Gasteiger partial charge in [-0.2, -0.15) is 12.7 Å². The molecule has 0 saturated carbocycles. The maximum Gasteiger partial charge on any atom is 0.303 e. The smallest absolute Gasteiger partial charge is 0.303 e. The van der Waals surface area contributed by atoms with Crippen molar-refractivity contribution in [2.45, 2.75) is 0 Å². The summed E-state index contributed by atoms with van der Waals surface area (Å²) in [7, 11) is 0.149. The number of hydrogen-bond acceptors (Lipinski definition) is 3. The highest BCUT2D eigenvalue weighted by atomic mass is 32.2. The lowest BCUT2D eigenvalue weighted by Crippen LogP contribution is -2.54. The number of nitrogens with zero attached hydrogens (tertiary/aromatic N) is 2. The molecule has 1 unspecified atom stereocenters. The molecule has 100 valence electrons. The Hall–Kier alpha value is -1.11. The maximum absolute atomic E-state index is 12.3. The van der Waals surface area contributed by atoms with Gasteiger partial charge in [0, 0.05) is 32.6 Å². The zero-order valence-corrected chi connectivity index (χ0v) is 11.5. The second-order valence-corrected chi connectivity index (χ2v) is 6.54. The van der Waals surface area contributed by atoms with E-state index < -0.39 is 10.2 Å². The molecule has 1 saturated heterocycles. The molecule has 0 aliphatic carbocycles. The van der Waals surface area contributed by atoms with Crippen molar-refractivity contribution in [3.8, 4) is 0 Å². The van der Waals surface area contributed by atoms with E-state index in [1.807, 2.05) is 37.4 Å². The van der Waals surface area contributed by atoms with Crippen LogP contribution in [0.5, 0.6) is 0 Å². The second-order valence-electron chi connectivity index (χ2n) is 4.58. The topological polar surface area (TPSA) is 52.7 Å². The van der Waals surface area contributed by atoms with Crippen LogP contribution in [0.25, 0.3) is 0 Å². The number of hydrogen-bond donors (Lipinski definition) is 1. The summed E-state index contributed by atoms with van der Waals surface area (Å²) in [6.45, 7) is 1.90. The molecule has 1 N–H and O–H groups in total. The molecule has 0 aromatic heterocycles. The average Bonchev–Trinajstić information content (AvgIpc) is 2.35. The van der Waals surface area contributed by atoms with Crippen LogP contribution in [-0.2, 0) is 10.2 Å². The molecule has 0 bridgehead atoms. The first-order chi connectivity index (χ1) is 8.55. The summed E-state index contributed by atoms with van der Waals surface area (Å²) in [5.74, 6) is 0.295. The molecule has 1 heterocycles. The van der Waals surface area contributed by atoms with Crippen molar-refractivity contribution >= 4 is 15.9 Å². The Kier molecular flexibility index (Phi) is 3.89. The highest BCUT2D eigenvalue weighted by Gasteiger charge is 2.35. The summed E-state index contributed by atoms with van der Waals surface area (Å²) in [4.78, 5) is 0. The highest BCUT2D eigenvalue weighted by Crippen LogP contribution is 2.25. The monoisotopic (exact) mass is 269 g/mol. The Bertz CT molecular complexity index is 489. The zero-order valence-electron chi connectivity index (χ0n) is 10.7. The molecule has 1 aromatic carbocycles. The Morgan fingerprint density at radius 2 is 1.94 bits per heavy atom. The van der Waals surface area contributed by atoms with Gasteiger partial charge in [0.25, 0.3) is 0 Å². The van der Waals surface area contributed by atoms with Gasteiger partial charge in [0.05, 0.1) is 5.69 Å². The molecule has 0 amide bonds. The summed E-state index contributed by atoms with van der Waals surface area (Å²) in [5, 5.41) is 3.11. The van der Waals surface area contributed by atoms with Crippen LogP contribution in [0.3, 0.4) is 0 Å². The van der Waals surface area contributed by atoms with E-state index in [4.69, 9.17) is 0 Å². The number of para-hydroxylation sites is 1. The molecule has 18 heavy (non-hydrogen) atoms. The van der Waals surface area contributed by atoms with Crippen LogP contribution in [0.15, 0.2) is 30.3 Å². The minimum absolute atomic E-state index is 0.295. The van der Waals surface area contributed by atoms with E-state index in [0.29, 0.717) is 19.0 Å². The van der Waals surface area contributed by atoms with Crippen LogP contribution in [0.2, 0.25) is 0 Å². The lowest BCUT2D eigenvalue weighted by Gasteiger charge is -2.38. The summed E-state index contributed by atoms with van der Waals surface area (Å²) in [6, 6.07) is 9.24. The minimum Gasteiger partial charge on any atom is -0.319 e. The molecule has 1 aromatic rings. The number of rotatable bonds is 3. The Labute approximate surface area is 109 Å². The second kappa shape index (κ2) is 5.26.